The lowest BCUT2D eigenvalue weighted by molar-refractivity contribution is -0.384. The number of carboxylic acids is 1. The number of rotatable bonds is 3. The van der Waals surface area contributed by atoms with Crippen LogP contribution in [0.4, 0.5) is 11.4 Å². The van der Waals surface area contributed by atoms with Gasteiger partial charge in [0.25, 0.3) is 5.69 Å². The topological polar surface area (TPSA) is 124 Å². The smallest absolute Gasteiger partial charge is 0.325 e. The van der Waals surface area contributed by atoms with Crippen LogP contribution in [0.2, 0.25) is 0 Å². The second-order valence-corrected chi connectivity index (χ2v) is 3.42. The van der Waals surface area contributed by atoms with E-state index in [2.05, 4.69) is 5.10 Å². The fourth-order valence-corrected chi connectivity index (χ4v) is 1.55. The molecule has 8 nitrogen and oxygen atoms in total. The summed E-state index contributed by atoms with van der Waals surface area (Å²) >= 11 is 0. The maximum absolute atomic E-state index is 10.7. The lowest BCUT2D eigenvalue weighted by Crippen LogP contribution is -2.09. The zero-order valence-electron chi connectivity index (χ0n) is 8.53. The molecule has 1 aromatic carbocycles. The highest BCUT2D eigenvalue weighted by Gasteiger charge is 2.14. The molecule has 8 heteroatoms. The van der Waals surface area contributed by atoms with Crippen molar-refractivity contribution >= 4 is 28.2 Å². The second-order valence-electron chi connectivity index (χ2n) is 3.42. The summed E-state index contributed by atoms with van der Waals surface area (Å²) in [6.07, 6.45) is 1.39. The molecule has 2 aromatic rings. The summed E-state index contributed by atoms with van der Waals surface area (Å²) in [4.78, 5) is 20.7. The van der Waals surface area contributed by atoms with Crippen molar-refractivity contribution in [2.45, 2.75) is 6.54 Å². The molecular formula is C9H8N4O4. The van der Waals surface area contributed by atoms with Crippen molar-refractivity contribution < 1.29 is 14.8 Å². The number of nitrogens with two attached hydrogens (primary N) is 1. The monoisotopic (exact) mass is 236 g/mol. The van der Waals surface area contributed by atoms with Gasteiger partial charge in [-0.25, -0.2) is 0 Å². The average molecular weight is 236 g/mol. The average Bonchev–Trinajstić information content (AvgIpc) is 2.61. The highest BCUT2D eigenvalue weighted by molar-refractivity contribution is 5.92. The molecule has 0 aliphatic heterocycles. The Bertz CT molecular complexity index is 619. The first-order valence-corrected chi connectivity index (χ1v) is 4.60. The molecule has 2 rings (SSSR count). The van der Waals surface area contributed by atoms with Crippen molar-refractivity contribution in [1.29, 1.82) is 0 Å². The summed E-state index contributed by atoms with van der Waals surface area (Å²) in [5.74, 6) is -1.08. The first-order chi connectivity index (χ1) is 7.99. The number of fused-ring (bicyclic) bond motifs is 1. The van der Waals surface area contributed by atoms with Crippen molar-refractivity contribution in [3.63, 3.8) is 0 Å². The van der Waals surface area contributed by atoms with Crippen LogP contribution in [0, 0.1) is 10.1 Å². The van der Waals surface area contributed by atoms with Gasteiger partial charge in [-0.1, -0.05) is 0 Å². The highest BCUT2D eigenvalue weighted by Crippen LogP contribution is 2.26. The Morgan fingerprint density at radius 1 is 1.59 bits per heavy atom. The van der Waals surface area contributed by atoms with E-state index in [9.17, 15) is 14.9 Å². The first-order valence-electron chi connectivity index (χ1n) is 4.60. The molecule has 1 heterocycles. The molecule has 0 radical (unpaired) electrons. The largest absolute Gasteiger partial charge is 0.480 e. The van der Waals surface area contributed by atoms with Gasteiger partial charge in [0.15, 0.2) is 0 Å². The van der Waals surface area contributed by atoms with Crippen molar-refractivity contribution in [3.8, 4) is 0 Å². The minimum absolute atomic E-state index is 0.192. The van der Waals surface area contributed by atoms with Gasteiger partial charge in [-0.15, -0.1) is 0 Å². The third-order valence-corrected chi connectivity index (χ3v) is 2.28. The van der Waals surface area contributed by atoms with E-state index in [4.69, 9.17) is 10.8 Å². The van der Waals surface area contributed by atoms with Crippen LogP contribution in [0.25, 0.3) is 10.9 Å². The van der Waals surface area contributed by atoms with E-state index < -0.39 is 10.9 Å². The molecule has 88 valence electrons. The summed E-state index contributed by atoms with van der Waals surface area (Å²) in [6, 6.07) is 2.47. The molecule has 0 amide bonds. The molecule has 3 N–H and O–H groups in total. The molecule has 0 spiro atoms. The van der Waals surface area contributed by atoms with Gasteiger partial charge in [0.2, 0.25) is 0 Å². The number of nitrogen functional groups attached to an aromatic ring is 1. The normalized spacial score (nSPS) is 10.6. The fraction of sp³-hybridized carbons (Fsp3) is 0.111. The Labute approximate surface area is 94.4 Å². The van der Waals surface area contributed by atoms with Crippen molar-refractivity contribution in [2.24, 2.45) is 0 Å². The number of nitrogens with zero attached hydrogens (tertiary/aromatic N) is 3. The van der Waals surface area contributed by atoms with Crippen molar-refractivity contribution in [3.05, 3.63) is 28.4 Å². The van der Waals surface area contributed by atoms with E-state index in [1.165, 1.54) is 18.3 Å². The summed E-state index contributed by atoms with van der Waals surface area (Å²) in [6.45, 7) is -0.371. The maximum atomic E-state index is 10.7. The van der Waals surface area contributed by atoms with Crippen LogP contribution in [0.1, 0.15) is 0 Å². The molecule has 0 saturated heterocycles. The minimum Gasteiger partial charge on any atom is -0.480 e. The van der Waals surface area contributed by atoms with Crippen LogP contribution in [-0.2, 0) is 11.3 Å². The number of nitro groups is 1. The molecule has 0 bridgehead atoms. The number of hydrogen-bond donors (Lipinski definition) is 2. The van der Waals surface area contributed by atoms with Crippen molar-refractivity contribution in [2.75, 3.05) is 5.73 Å². The predicted molar refractivity (Wildman–Crippen MR) is 58.4 cm³/mol. The Morgan fingerprint density at radius 3 is 2.88 bits per heavy atom. The minimum atomic E-state index is -1.08. The number of benzene rings is 1. The second kappa shape index (κ2) is 3.74. The fourth-order valence-electron chi connectivity index (χ4n) is 1.55. The Balaban J connectivity index is 2.65. The van der Waals surface area contributed by atoms with Gasteiger partial charge in [0, 0.05) is 23.2 Å². The van der Waals surface area contributed by atoms with Gasteiger partial charge < -0.3 is 10.8 Å². The SMILES string of the molecule is Nc1cc([N+](=O)[O-])cc2c1cnn2CC(=O)O. The molecule has 0 aliphatic rings. The van der Waals surface area contributed by atoms with E-state index in [0.717, 1.165) is 4.68 Å². The van der Waals surface area contributed by atoms with E-state index in [1.807, 2.05) is 0 Å². The number of aromatic nitrogens is 2. The number of aliphatic carboxylic acids is 1. The molecule has 17 heavy (non-hydrogen) atoms. The Hall–Kier alpha value is -2.64. The zero-order chi connectivity index (χ0) is 12.6. The summed E-state index contributed by atoms with van der Waals surface area (Å²) in [5, 5.41) is 23.6. The highest BCUT2D eigenvalue weighted by atomic mass is 16.6. The number of carbonyl (C=O) groups is 1. The van der Waals surface area contributed by atoms with Crippen LogP contribution in [0.3, 0.4) is 0 Å². The van der Waals surface area contributed by atoms with E-state index in [0.29, 0.717) is 10.9 Å². The molecule has 0 saturated carbocycles. The number of nitro benzene ring substituents is 1. The number of non-ortho nitro benzene ring substituents is 1. The third kappa shape index (κ3) is 1.87. The van der Waals surface area contributed by atoms with Gasteiger partial charge in [0.05, 0.1) is 16.6 Å². The summed E-state index contributed by atoms with van der Waals surface area (Å²) < 4.78 is 1.15. The Morgan fingerprint density at radius 2 is 2.29 bits per heavy atom. The third-order valence-electron chi connectivity index (χ3n) is 2.28. The van der Waals surface area contributed by atoms with Gasteiger partial charge >= 0.3 is 5.97 Å². The molecular weight excluding hydrogens is 228 g/mol. The van der Waals surface area contributed by atoms with Crippen molar-refractivity contribution in [1.82, 2.24) is 9.78 Å². The van der Waals surface area contributed by atoms with Gasteiger partial charge in [0.1, 0.15) is 6.54 Å². The number of hydrogen-bond acceptors (Lipinski definition) is 5. The lowest BCUT2D eigenvalue weighted by atomic mass is 10.2. The zero-order valence-corrected chi connectivity index (χ0v) is 8.53. The van der Waals surface area contributed by atoms with Crippen LogP contribution < -0.4 is 5.73 Å². The van der Waals surface area contributed by atoms with E-state index >= 15 is 0 Å². The first kappa shape index (κ1) is 10.9. The maximum Gasteiger partial charge on any atom is 0.325 e. The summed E-state index contributed by atoms with van der Waals surface area (Å²) in [7, 11) is 0. The van der Waals surface area contributed by atoms with Crippen LogP contribution in [0.5, 0.6) is 0 Å². The molecule has 0 atom stereocenters. The predicted octanol–water partition coefficient (Wildman–Crippen LogP) is 0.611. The number of anilines is 1. The quantitative estimate of drug-likeness (QED) is 0.457. The van der Waals surface area contributed by atoms with Gasteiger partial charge in [-0.3, -0.25) is 19.6 Å². The molecule has 1 aromatic heterocycles. The molecule has 0 unspecified atom stereocenters. The molecule has 0 aliphatic carbocycles. The number of carboxylic acid groups (broad SMARTS) is 1. The Kier molecular flexibility index (Phi) is 2.39. The summed E-state index contributed by atoms with van der Waals surface area (Å²) in [5.41, 5.74) is 5.97. The van der Waals surface area contributed by atoms with E-state index in [1.54, 1.807) is 0 Å². The van der Waals surface area contributed by atoms with E-state index in [-0.39, 0.29) is 17.9 Å². The van der Waals surface area contributed by atoms with Gasteiger partial charge in [-0.2, -0.15) is 5.10 Å². The lowest BCUT2D eigenvalue weighted by Gasteiger charge is -2.01. The van der Waals surface area contributed by atoms with Crippen LogP contribution in [0.15, 0.2) is 18.3 Å². The van der Waals surface area contributed by atoms with Crippen LogP contribution in [-0.4, -0.2) is 25.8 Å². The standard InChI is InChI=1S/C9H8N4O4/c10-7-1-5(13(16)17)2-8-6(7)3-11-12(8)4-9(14)15/h1-3H,4,10H2,(H,14,15). The molecule has 0 fully saturated rings. The van der Waals surface area contributed by atoms with Crippen LogP contribution >= 0.6 is 0 Å². The van der Waals surface area contributed by atoms with Gasteiger partial charge in [-0.05, 0) is 0 Å².